The van der Waals surface area contributed by atoms with Gasteiger partial charge in [-0.25, -0.2) is 8.78 Å². The van der Waals surface area contributed by atoms with Crippen LogP contribution in [-0.2, 0) is 5.41 Å². The average Bonchev–Trinajstić information content (AvgIpc) is 3.87. The van der Waals surface area contributed by atoms with Gasteiger partial charge in [0.2, 0.25) is 0 Å². The van der Waals surface area contributed by atoms with Crippen LogP contribution in [0.15, 0.2) is 170 Å². The number of hydrogen-bond acceptors (Lipinski definition) is 3. The highest BCUT2D eigenvalue weighted by Gasteiger charge is 2.30. The molecule has 11 rings (SSSR count). The summed E-state index contributed by atoms with van der Waals surface area (Å²) >= 11 is 1.81. The standard InChI is InChI=1S/C52H37F2N3S/c1-52(2,3)32-24-27-45-43(28-32)47-48-49(56(36-18-8-5-9-19-36)38-21-13-15-34(54)30-38)41-23-11-10-22-40(41)46-42-26-25-39(31-44(42)57(50(46)48)51(47)58-45)55(35-16-6-4-7-17-35)37-20-12-14-33(53)29-37/h4-31H,1-3H3. The number of thiophene rings is 1. The molecule has 0 saturated carbocycles. The van der Waals surface area contributed by atoms with Gasteiger partial charge in [0.25, 0.3) is 0 Å². The van der Waals surface area contributed by atoms with Gasteiger partial charge in [0.15, 0.2) is 0 Å². The van der Waals surface area contributed by atoms with Crippen LogP contribution in [0, 0.1) is 11.6 Å². The topological polar surface area (TPSA) is 10.9 Å². The number of hydrogen-bond donors (Lipinski definition) is 0. The summed E-state index contributed by atoms with van der Waals surface area (Å²) in [5.41, 5.74) is 8.68. The predicted molar refractivity (Wildman–Crippen MR) is 242 cm³/mol. The van der Waals surface area contributed by atoms with Crippen LogP contribution in [0.25, 0.3) is 58.3 Å². The fraction of sp³-hybridized carbons (Fsp3) is 0.0769. The summed E-state index contributed by atoms with van der Waals surface area (Å²) in [6.07, 6.45) is 0. The van der Waals surface area contributed by atoms with Gasteiger partial charge in [-0.15, -0.1) is 11.3 Å². The van der Waals surface area contributed by atoms with Gasteiger partial charge in [0.1, 0.15) is 16.5 Å². The molecule has 3 aromatic heterocycles. The van der Waals surface area contributed by atoms with Crippen molar-refractivity contribution in [3.8, 4) is 0 Å². The molecule has 0 aliphatic rings. The molecule has 0 atom stereocenters. The van der Waals surface area contributed by atoms with Gasteiger partial charge in [0.05, 0.1) is 16.7 Å². The normalized spacial score (nSPS) is 12.2. The molecule has 8 aromatic carbocycles. The summed E-state index contributed by atoms with van der Waals surface area (Å²) in [6.45, 7) is 6.78. The molecule has 0 bridgehead atoms. The molecule has 0 aliphatic heterocycles. The Morgan fingerprint density at radius 3 is 1.71 bits per heavy atom. The maximum Gasteiger partial charge on any atom is 0.125 e. The first kappa shape index (κ1) is 34.5. The van der Waals surface area contributed by atoms with E-state index in [0.717, 1.165) is 71.5 Å². The number of rotatable bonds is 6. The van der Waals surface area contributed by atoms with Crippen LogP contribution in [0.5, 0.6) is 0 Å². The minimum atomic E-state index is -0.292. The Morgan fingerprint density at radius 2 is 1.05 bits per heavy atom. The molecule has 6 heteroatoms. The second-order valence-corrected chi connectivity index (χ2v) is 17.1. The minimum Gasteiger partial charge on any atom is -0.310 e. The Labute approximate surface area is 338 Å². The van der Waals surface area contributed by atoms with E-state index in [-0.39, 0.29) is 17.0 Å². The van der Waals surface area contributed by atoms with Gasteiger partial charge < -0.3 is 9.80 Å². The highest BCUT2D eigenvalue weighted by molar-refractivity contribution is 7.25. The van der Waals surface area contributed by atoms with Crippen molar-refractivity contribution in [3.63, 3.8) is 0 Å². The van der Waals surface area contributed by atoms with Crippen LogP contribution in [0.2, 0.25) is 0 Å². The molecular formula is C52H37F2N3S. The van der Waals surface area contributed by atoms with Gasteiger partial charge in [0, 0.05) is 65.5 Å². The zero-order chi connectivity index (χ0) is 39.3. The van der Waals surface area contributed by atoms with Gasteiger partial charge >= 0.3 is 0 Å². The summed E-state index contributed by atoms with van der Waals surface area (Å²) in [7, 11) is 0. The molecule has 0 fully saturated rings. The lowest BCUT2D eigenvalue weighted by molar-refractivity contribution is 0.591. The van der Waals surface area contributed by atoms with Crippen molar-refractivity contribution in [3.05, 3.63) is 187 Å². The number of nitrogens with zero attached hydrogens (tertiary/aromatic N) is 3. The molecule has 0 unspecified atom stereocenters. The highest BCUT2D eigenvalue weighted by atomic mass is 32.1. The van der Waals surface area contributed by atoms with E-state index in [1.54, 1.807) is 35.6 Å². The van der Waals surface area contributed by atoms with E-state index in [4.69, 9.17) is 0 Å². The number of para-hydroxylation sites is 2. The Hall–Kier alpha value is -6.76. The van der Waals surface area contributed by atoms with E-state index in [9.17, 15) is 4.39 Å². The third-order valence-corrected chi connectivity index (χ3v) is 12.7. The molecule has 0 amide bonds. The van der Waals surface area contributed by atoms with E-state index in [1.165, 1.54) is 38.6 Å². The summed E-state index contributed by atoms with van der Waals surface area (Å²) in [5.74, 6) is -0.583. The molecule has 0 saturated heterocycles. The fourth-order valence-corrected chi connectivity index (χ4v) is 10.2. The molecule has 11 aromatic rings. The second-order valence-electron chi connectivity index (χ2n) is 16.1. The number of fused-ring (bicyclic) bond motifs is 10. The first-order valence-corrected chi connectivity index (χ1v) is 20.4. The van der Waals surface area contributed by atoms with Gasteiger partial charge in [-0.3, -0.25) is 4.40 Å². The predicted octanol–water partition coefficient (Wildman–Crippen LogP) is 15.7. The molecule has 3 nitrogen and oxygen atoms in total. The molecule has 3 heterocycles. The number of halogens is 2. The van der Waals surface area contributed by atoms with Crippen LogP contribution in [0.4, 0.5) is 42.9 Å². The molecular weight excluding hydrogens is 737 g/mol. The number of aromatic nitrogens is 1. The van der Waals surface area contributed by atoms with Crippen molar-refractivity contribution in [2.24, 2.45) is 0 Å². The lowest BCUT2D eigenvalue weighted by atomic mass is 9.86. The van der Waals surface area contributed by atoms with E-state index in [0.29, 0.717) is 0 Å². The van der Waals surface area contributed by atoms with Crippen LogP contribution in [0.1, 0.15) is 26.3 Å². The van der Waals surface area contributed by atoms with E-state index in [1.807, 2.05) is 48.5 Å². The molecule has 0 N–H and O–H groups in total. The second kappa shape index (κ2) is 12.9. The largest absolute Gasteiger partial charge is 0.310 e. The van der Waals surface area contributed by atoms with Gasteiger partial charge in [-0.2, -0.15) is 0 Å². The van der Waals surface area contributed by atoms with Crippen molar-refractivity contribution >= 4 is 104 Å². The highest BCUT2D eigenvalue weighted by Crippen LogP contribution is 2.55. The summed E-state index contributed by atoms with van der Waals surface area (Å²) in [5, 5.41) is 8.00. The quantitative estimate of drug-likeness (QED) is 0.167. The summed E-state index contributed by atoms with van der Waals surface area (Å²) in [4.78, 5) is 5.50. The maximum absolute atomic E-state index is 15.3. The maximum atomic E-state index is 15.3. The van der Waals surface area contributed by atoms with Crippen LogP contribution >= 0.6 is 11.3 Å². The Balaban J connectivity index is 1.34. The van der Waals surface area contributed by atoms with Crippen molar-refractivity contribution in [2.45, 2.75) is 26.2 Å². The van der Waals surface area contributed by atoms with Crippen molar-refractivity contribution < 1.29 is 8.78 Å². The fourth-order valence-electron chi connectivity index (χ4n) is 8.95. The van der Waals surface area contributed by atoms with Crippen molar-refractivity contribution in [1.82, 2.24) is 4.40 Å². The third kappa shape index (κ3) is 5.21. The Kier molecular flexibility index (Phi) is 7.66. The van der Waals surface area contributed by atoms with Crippen LogP contribution in [0.3, 0.4) is 0 Å². The van der Waals surface area contributed by atoms with E-state index >= 15 is 4.39 Å². The van der Waals surface area contributed by atoms with Crippen molar-refractivity contribution in [2.75, 3.05) is 9.80 Å². The van der Waals surface area contributed by atoms with Gasteiger partial charge in [-0.1, -0.05) is 106 Å². The zero-order valence-electron chi connectivity index (χ0n) is 32.2. The van der Waals surface area contributed by atoms with Crippen LogP contribution in [-0.4, -0.2) is 4.40 Å². The smallest absolute Gasteiger partial charge is 0.125 e. The van der Waals surface area contributed by atoms with Gasteiger partial charge in [-0.05, 0) is 101 Å². The average molecular weight is 774 g/mol. The third-order valence-electron chi connectivity index (χ3n) is 11.5. The number of benzene rings is 8. The minimum absolute atomic E-state index is 0.0600. The van der Waals surface area contributed by atoms with Crippen molar-refractivity contribution in [1.29, 1.82) is 0 Å². The summed E-state index contributed by atoms with van der Waals surface area (Å²) < 4.78 is 33.9. The number of anilines is 6. The lowest BCUT2D eigenvalue weighted by Crippen LogP contribution is -2.11. The zero-order valence-corrected chi connectivity index (χ0v) is 33.0. The Bertz CT molecular complexity index is 3360. The summed E-state index contributed by atoms with van der Waals surface area (Å²) in [6, 6.07) is 56.3. The first-order chi connectivity index (χ1) is 28.2. The lowest BCUT2D eigenvalue weighted by Gasteiger charge is -2.28. The first-order valence-electron chi connectivity index (χ1n) is 19.6. The molecule has 280 valence electrons. The molecule has 0 radical (unpaired) electrons. The van der Waals surface area contributed by atoms with E-state index in [2.05, 4.69) is 120 Å². The Morgan fingerprint density at radius 1 is 0.466 bits per heavy atom. The molecule has 0 aliphatic carbocycles. The monoisotopic (exact) mass is 773 g/mol. The molecule has 0 spiro atoms. The SMILES string of the molecule is CC(C)(C)c1ccc2sc3c(c2c1)c1c(N(c2ccccc2)c2cccc(F)c2)c2ccccc2c2c4ccc(N(c5ccccc5)c5cccc(F)c5)cc4n3c12. The molecule has 58 heavy (non-hydrogen) atoms. The van der Waals surface area contributed by atoms with E-state index < -0.39 is 0 Å². The van der Waals surface area contributed by atoms with Crippen LogP contribution < -0.4 is 9.80 Å².